The highest BCUT2D eigenvalue weighted by Crippen LogP contribution is 2.06. The van der Waals surface area contributed by atoms with Crippen molar-refractivity contribution in [2.75, 3.05) is 13.2 Å². The number of aromatic nitrogens is 1. The summed E-state index contributed by atoms with van der Waals surface area (Å²) in [5.41, 5.74) is 0.447. The monoisotopic (exact) mass is 178 g/mol. The van der Waals surface area contributed by atoms with Crippen molar-refractivity contribution in [3.05, 3.63) is 30.1 Å². The Balaban J connectivity index is 1.89. The smallest absolute Gasteiger partial charge is 0.269 e. The first-order chi connectivity index (χ1) is 6.36. The Bertz CT molecular complexity index is 296. The molecule has 1 aromatic heterocycles. The van der Waals surface area contributed by atoms with E-state index in [1.54, 1.807) is 24.4 Å². The fourth-order valence-electron chi connectivity index (χ4n) is 0.980. The molecule has 68 valence electrons. The number of carbonyl (C=O) groups excluding carboxylic acids is 1. The summed E-state index contributed by atoms with van der Waals surface area (Å²) in [7, 11) is 0. The van der Waals surface area contributed by atoms with Gasteiger partial charge < -0.3 is 10.1 Å². The van der Waals surface area contributed by atoms with Crippen molar-refractivity contribution in [3.8, 4) is 0 Å². The van der Waals surface area contributed by atoms with Gasteiger partial charge in [0.25, 0.3) is 5.91 Å². The van der Waals surface area contributed by atoms with Crippen molar-refractivity contribution in [2.45, 2.75) is 6.10 Å². The van der Waals surface area contributed by atoms with Crippen LogP contribution in [0, 0.1) is 0 Å². The normalized spacial score (nSPS) is 19.5. The van der Waals surface area contributed by atoms with E-state index in [2.05, 4.69) is 10.3 Å². The molecule has 0 aromatic carbocycles. The van der Waals surface area contributed by atoms with E-state index in [1.807, 2.05) is 0 Å². The van der Waals surface area contributed by atoms with Crippen LogP contribution in [0.5, 0.6) is 0 Å². The lowest BCUT2D eigenvalue weighted by molar-refractivity contribution is 0.0945. The molecule has 1 aliphatic heterocycles. The van der Waals surface area contributed by atoms with Gasteiger partial charge in [0, 0.05) is 12.7 Å². The van der Waals surface area contributed by atoms with Gasteiger partial charge in [-0.25, -0.2) is 0 Å². The SMILES string of the molecule is O=C(NCC1CO1)c1ccccn1. The van der Waals surface area contributed by atoms with Crippen LogP contribution in [-0.2, 0) is 4.74 Å². The second-order valence-electron chi connectivity index (χ2n) is 2.88. The molecule has 0 radical (unpaired) electrons. The van der Waals surface area contributed by atoms with E-state index >= 15 is 0 Å². The Morgan fingerprint density at radius 1 is 1.69 bits per heavy atom. The van der Waals surface area contributed by atoms with Gasteiger partial charge in [-0.2, -0.15) is 0 Å². The van der Waals surface area contributed by atoms with Crippen molar-refractivity contribution in [2.24, 2.45) is 0 Å². The summed E-state index contributed by atoms with van der Waals surface area (Å²) in [6.07, 6.45) is 1.82. The van der Waals surface area contributed by atoms with Crippen LogP contribution < -0.4 is 5.32 Å². The minimum atomic E-state index is -0.142. The molecule has 1 fully saturated rings. The number of hydrogen-bond acceptors (Lipinski definition) is 3. The molecule has 1 N–H and O–H groups in total. The molecule has 1 atom stereocenters. The summed E-state index contributed by atoms with van der Waals surface area (Å²) in [4.78, 5) is 15.3. The van der Waals surface area contributed by atoms with Gasteiger partial charge in [0.2, 0.25) is 0 Å². The number of amides is 1. The molecule has 4 heteroatoms. The van der Waals surface area contributed by atoms with E-state index < -0.39 is 0 Å². The zero-order valence-corrected chi connectivity index (χ0v) is 7.06. The van der Waals surface area contributed by atoms with Gasteiger partial charge in [0.15, 0.2) is 0 Å². The molecular formula is C9H10N2O2. The van der Waals surface area contributed by atoms with E-state index in [0.29, 0.717) is 12.2 Å². The molecule has 1 saturated heterocycles. The summed E-state index contributed by atoms with van der Waals surface area (Å²) >= 11 is 0. The third kappa shape index (κ3) is 2.26. The maximum atomic E-state index is 11.3. The Morgan fingerprint density at radius 3 is 3.15 bits per heavy atom. The van der Waals surface area contributed by atoms with Crippen LogP contribution in [0.3, 0.4) is 0 Å². The number of hydrogen-bond donors (Lipinski definition) is 1. The zero-order valence-electron chi connectivity index (χ0n) is 7.06. The third-order valence-corrected chi connectivity index (χ3v) is 1.79. The van der Waals surface area contributed by atoms with Crippen molar-refractivity contribution >= 4 is 5.91 Å². The lowest BCUT2D eigenvalue weighted by Gasteiger charge is -2.00. The van der Waals surface area contributed by atoms with Gasteiger partial charge in [0.1, 0.15) is 5.69 Å². The lowest BCUT2D eigenvalue weighted by Crippen LogP contribution is -2.28. The fraction of sp³-hybridized carbons (Fsp3) is 0.333. The second kappa shape index (κ2) is 3.53. The van der Waals surface area contributed by atoms with Crippen molar-refractivity contribution in [1.29, 1.82) is 0 Å². The van der Waals surface area contributed by atoms with E-state index in [1.165, 1.54) is 0 Å². The van der Waals surface area contributed by atoms with Gasteiger partial charge in [-0.05, 0) is 12.1 Å². The molecule has 1 aromatic rings. The second-order valence-corrected chi connectivity index (χ2v) is 2.88. The first kappa shape index (κ1) is 8.19. The molecule has 1 amide bonds. The first-order valence-electron chi connectivity index (χ1n) is 4.17. The Hall–Kier alpha value is -1.42. The van der Waals surface area contributed by atoms with E-state index in [4.69, 9.17) is 4.74 Å². The molecular weight excluding hydrogens is 168 g/mol. The van der Waals surface area contributed by atoms with Crippen LogP contribution in [-0.4, -0.2) is 30.1 Å². The van der Waals surface area contributed by atoms with E-state index in [-0.39, 0.29) is 12.0 Å². The predicted molar refractivity (Wildman–Crippen MR) is 46.3 cm³/mol. The number of pyridine rings is 1. The molecule has 1 unspecified atom stereocenters. The highest BCUT2D eigenvalue weighted by Gasteiger charge is 2.22. The first-order valence-corrected chi connectivity index (χ1v) is 4.17. The molecule has 2 heterocycles. The average Bonchev–Trinajstić information content (AvgIpc) is 2.99. The van der Waals surface area contributed by atoms with Gasteiger partial charge in [0.05, 0.1) is 12.7 Å². The topological polar surface area (TPSA) is 54.5 Å². The number of nitrogens with zero attached hydrogens (tertiary/aromatic N) is 1. The summed E-state index contributed by atoms with van der Waals surface area (Å²) in [6.45, 7) is 1.33. The van der Waals surface area contributed by atoms with Crippen LogP contribution in [0.15, 0.2) is 24.4 Å². The number of rotatable bonds is 3. The van der Waals surface area contributed by atoms with E-state index in [9.17, 15) is 4.79 Å². The molecule has 0 bridgehead atoms. The number of nitrogens with one attached hydrogen (secondary N) is 1. The molecule has 13 heavy (non-hydrogen) atoms. The van der Waals surface area contributed by atoms with Crippen LogP contribution in [0.25, 0.3) is 0 Å². The Labute approximate surface area is 75.9 Å². The minimum Gasteiger partial charge on any atom is -0.371 e. The van der Waals surface area contributed by atoms with Crippen molar-refractivity contribution in [1.82, 2.24) is 10.3 Å². The highest BCUT2D eigenvalue weighted by atomic mass is 16.6. The van der Waals surface area contributed by atoms with Gasteiger partial charge in [-0.1, -0.05) is 6.07 Å². The summed E-state index contributed by atoms with van der Waals surface area (Å²) in [5, 5.41) is 2.73. The quantitative estimate of drug-likeness (QED) is 0.673. The Morgan fingerprint density at radius 2 is 2.54 bits per heavy atom. The van der Waals surface area contributed by atoms with Crippen molar-refractivity contribution < 1.29 is 9.53 Å². The van der Waals surface area contributed by atoms with Gasteiger partial charge >= 0.3 is 0 Å². The fourth-order valence-corrected chi connectivity index (χ4v) is 0.980. The number of epoxide rings is 1. The largest absolute Gasteiger partial charge is 0.371 e. The molecule has 4 nitrogen and oxygen atoms in total. The predicted octanol–water partition coefficient (Wildman–Crippen LogP) is 0.210. The number of ether oxygens (including phenoxy) is 1. The summed E-state index contributed by atoms with van der Waals surface area (Å²) in [5.74, 6) is -0.142. The van der Waals surface area contributed by atoms with Gasteiger partial charge in [-0.15, -0.1) is 0 Å². The average molecular weight is 178 g/mol. The van der Waals surface area contributed by atoms with Crippen LogP contribution >= 0.6 is 0 Å². The van der Waals surface area contributed by atoms with Crippen LogP contribution in [0.2, 0.25) is 0 Å². The van der Waals surface area contributed by atoms with Crippen LogP contribution in [0.4, 0.5) is 0 Å². The van der Waals surface area contributed by atoms with Crippen LogP contribution in [0.1, 0.15) is 10.5 Å². The molecule has 0 aliphatic carbocycles. The maximum Gasteiger partial charge on any atom is 0.269 e. The lowest BCUT2D eigenvalue weighted by atomic mass is 10.3. The standard InChI is InChI=1S/C9H10N2O2/c12-9(11-5-7-6-13-7)8-3-1-2-4-10-8/h1-4,7H,5-6H2,(H,11,12). The summed E-state index contributed by atoms with van der Waals surface area (Å²) < 4.78 is 4.96. The number of carbonyl (C=O) groups is 1. The molecule has 2 rings (SSSR count). The molecule has 0 spiro atoms. The zero-order chi connectivity index (χ0) is 9.10. The van der Waals surface area contributed by atoms with E-state index in [0.717, 1.165) is 6.61 Å². The van der Waals surface area contributed by atoms with Crippen molar-refractivity contribution in [3.63, 3.8) is 0 Å². The maximum absolute atomic E-state index is 11.3. The minimum absolute atomic E-state index is 0.142. The molecule has 0 saturated carbocycles. The molecule has 1 aliphatic rings. The highest BCUT2D eigenvalue weighted by molar-refractivity contribution is 5.92. The van der Waals surface area contributed by atoms with Gasteiger partial charge in [-0.3, -0.25) is 9.78 Å². The Kier molecular flexibility index (Phi) is 2.23. The third-order valence-electron chi connectivity index (χ3n) is 1.79. The summed E-state index contributed by atoms with van der Waals surface area (Å²) in [6, 6.07) is 5.25.